The van der Waals surface area contributed by atoms with Crippen LogP contribution < -0.4 is 5.32 Å². The molecular weight excluding hydrogens is 311 g/mol. The maximum atomic E-state index is 12.0. The molecule has 0 fully saturated rings. The largest absolute Gasteiger partial charge is 0.389 e. The molecule has 0 radical (unpaired) electrons. The second kappa shape index (κ2) is 6.36. The average Bonchev–Trinajstić information content (AvgIpc) is 2.22. The first kappa shape index (κ1) is 15.2. The van der Waals surface area contributed by atoms with Gasteiger partial charge in [-0.1, -0.05) is 13.8 Å². The Hall–Kier alpha value is -0.850. The summed E-state index contributed by atoms with van der Waals surface area (Å²) in [5.74, 6) is 1.36. The van der Waals surface area contributed by atoms with Crippen LogP contribution in [0.2, 0.25) is 0 Å². The Morgan fingerprint density at radius 1 is 1.33 bits per heavy atom. The third kappa shape index (κ3) is 5.66. The van der Waals surface area contributed by atoms with E-state index in [1.165, 1.54) is 0 Å². The van der Waals surface area contributed by atoms with Gasteiger partial charge in [-0.3, -0.25) is 0 Å². The molecule has 0 aliphatic carbocycles. The minimum atomic E-state index is -4.10. The van der Waals surface area contributed by atoms with Crippen molar-refractivity contribution in [3.8, 4) is 0 Å². The van der Waals surface area contributed by atoms with Crippen LogP contribution in [0.15, 0.2) is 10.7 Å². The van der Waals surface area contributed by atoms with Gasteiger partial charge in [0.1, 0.15) is 16.2 Å². The van der Waals surface area contributed by atoms with Gasteiger partial charge in [0.25, 0.3) is 0 Å². The summed E-state index contributed by atoms with van der Waals surface area (Å²) in [5.41, 5.74) is 0. The molecule has 1 aromatic heterocycles. The molecule has 1 heterocycles. The lowest BCUT2D eigenvalue weighted by molar-refractivity contribution is -0.134. The minimum absolute atomic E-state index is 0.0299. The van der Waals surface area contributed by atoms with Crippen molar-refractivity contribution in [1.29, 1.82) is 0 Å². The van der Waals surface area contributed by atoms with Crippen LogP contribution in [0, 0.1) is 0 Å². The first-order chi connectivity index (χ1) is 8.28. The molecule has 1 rings (SSSR count). The lowest BCUT2D eigenvalue weighted by atomic mass is 10.2. The Morgan fingerprint density at radius 3 is 2.56 bits per heavy atom. The highest BCUT2D eigenvalue weighted by Gasteiger charge is 2.25. The zero-order valence-electron chi connectivity index (χ0n) is 10.2. The highest BCUT2D eigenvalue weighted by atomic mass is 79.9. The van der Waals surface area contributed by atoms with Crippen molar-refractivity contribution >= 4 is 21.7 Å². The molecular formula is C11H15BrF3N3. The summed E-state index contributed by atoms with van der Waals surface area (Å²) in [6.45, 7) is 4.14. The molecule has 1 aromatic rings. The van der Waals surface area contributed by atoms with Gasteiger partial charge in [-0.05, 0) is 22.4 Å². The van der Waals surface area contributed by atoms with Crippen LogP contribution in [0.3, 0.4) is 0 Å². The molecule has 0 saturated carbocycles. The summed E-state index contributed by atoms with van der Waals surface area (Å²) in [6, 6.07) is 1.65. The van der Waals surface area contributed by atoms with Gasteiger partial charge < -0.3 is 5.32 Å². The molecule has 0 unspecified atom stereocenters. The Labute approximate surface area is 112 Å². The van der Waals surface area contributed by atoms with E-state index in [0.717, 1.165) is 0 Å². The van der Waals surface area contributed by atoms with Crippen molar-refractivity contribution in [2.45, 2.75) is 38.8 Å². The van der Waals surface area contributed by atoms with E-state index in [9.17, 15) is 13.2 Å². The van der Waals surface area contributed by atoms with Gasteiger partial charge in [0.2, 0.25) is 0 Å². The molecule has 0 aliphatic heterocycles. The molecule has 0 aliphatic rings. The van der Waals surface area contributed by atoms with E-state index in [-0.39, 0.29) is 18.9 Å². The molecule has 0 spiro atoms. The number of aromatic nitrogens is 2. The van der Waals surface area contributed by atoms with Crippen molar-refractivity contribution in [3.05, 3.63) is 16.5 Å². The molecule has 0 saturated heterocycles. The van der Waals surface area contributed by atoms with Crippen LogP contribution in [-0.4, -0.2) is 22.7 Å². The van der Waals surface area contributed by atoms with Gasteiger partial charge in [-0.15, -0.1) is 0 Å². The van der Waals surface area contributed by atoms with Crippen molar-refractivity contribution in [3.63, 3.8) is 0 Å². The van der Waals surface area contributed by atoms with Crippen molar-refractivity contribution in [2.24, 2.45) is 0 Å². The molecule has 0 aromatic carbocycles. The highest BCUT2D eigenvalue weighted by Crippen LogP contribution is 2.21. The number of anilines is 1. The van der Waals surface area contributed by atoms with E-state index in [1.54, 1.807) is 6.07 Å². The number of halogens is 4. The van der Waals surface area contributed by atoms with E-state index in [2.05, 4.69) is 31.2 Å². The lowest BCUT2D eigenvalue weighted by Crippen LogP contribution is -2.12. The molecule has 0 bridgehead atoms. The molecule has 18 heavy (non-hydrogen) atoms. The Morgan fingerprint density at radius 2 is 2.00 bits per heavy atom. The molecule has 0 atom stereocenters. The van der Waals surface area contributed by atoms with E-state index >= 15 is 0 Å². The monoisotopic (exact) mass is 325 g/mol. The van der Waals surface area contributed by atoms with E-state index < -0.39 is 12.6 Å². The predicted molar refractivity (Wildman–Crippen MR) is 67.6 cm³/mol. The summed E-state index contributed by atoms with van der Waals surface area (Å²) >= 11 is 3.25. The van der Waals surface area contributed by atoms with E-state index in [1.807, 2.05) is 13.8 Å². The quantitative estimate of drug-likeness (QED) is 0.653. The maximum Gasteiger partial charge on any atom is 0.389 e. The molecule has 3 nitrogen and oxygen atoms in total. The van der Waals surface area contributed by atoms with Crippen molar-refractivity contribution in [2.75, 3.05) is 11.9 Å². The standard InChI is InChI=1S/C11H15BrF3N3/c1-7(2)10-17-8(12)6-9(18-10)16-5-3-4-11(13,14)15/h6-7H,3-5H2,1-2H3,(H,16,17,18). The SMILES string of the molecule is CC(C)c1nc(Br)cc(NCCCC(F)(F)F)n1. The van der Waals surface area contributed by atoms with Gasteiger partial charge in [0.05, 0.1) is 0 Å². The summed E-state index contributed by atoms with van der Waals surface area (Å²) < 4.78 is 36.5. The van der Waals surface area contributed by atoms with Gasteiger partial charge in [-0.2, -0.15) is 13.2 Å². The number of nitrogens with zero attached hydrogens (tertiary/aromatic N) is 2. The fraction of sp³-hybridized carbons (Fsp3) is 0.636. The predicted octanol–water partition coefficient (Wildman–Crippen LogP) is 4.12. The average molecular weight is 326 g/mol. The maximum absolute atomic E-state index is 12.0. The topological polar surface area (TPSA) is 37.8 Å². The first-order valence-electron chi connectivity index (χ1n) is 5.63. The molecule has 1 N–H and O–H groups in total. The summed E-state index contributed by atoms with van der Waals surface area (Å²) in [7, 11) is 0. The van der Waals surface area contributed by atoms with Crippen LogP contribution in [0.1, 0.15) is 38.4 Å². The molecule has 102 valence electrons. The Balaban J connectivity index is 2.52. The van der Waals surface area contributed by atoms with Gasteiger partial charge in [-0.25, -0.2) is 9.97 Å². The van der Waals surface area contributed by atoms with Crippen LogP contribution in [0.4, 0.5) is 19.0 Å². The van der Waals surface area contributed by atoms with Crippen molar-refractivity contribution in [1.82, 2.24) is 9.97 Å². The molecule has 0 amide bonds. The van der Waals surface area contributed by atoms with Crippen LogP contribution >= 0.6 is 15.9 Å². The zero-order chi connectivity index (χ0) is 13.8. The smallest absolute Gasteiger partial charge is 0.370 e. The summed E-state index contributed by atoms with van der Waals surface area (Å²) in [6.07, 6.45) is -4.86. The van der Waals surface area contributed by atoms with Crippen LogP contribution in [-0.2, 0) is 0 Å². The van der Waals surface area contributed by atoms with Gasteiger partial charge >= 0.3 is 6.18 Å². The third-order valence-corrected chi connectivity index (χ3v) is 2.58. The second-order valence-electron chi connectivity index (χ2n) is 4.23. The highest BCUT2D eigenvalue weighted by molar-refractivity contribution is 9.10. The van der Waals surface area contributed by atoms with Gasteiger partial charge in [0.15, 0.2) is 0 Å². The summed E-state index contributed by atoms with van der Waals surface area (Å²) in [4.78, 5) is 8.42. The Bertz CT molecular complexity index is 394. The van der Waals surface area contributed by atoms with Crippen LogP contribution in [0.25, 0.3) is 0 Å². The van der Waals surface area contributed by atoms with Gasteiger partial charge in [0, 0.05) is 24.9 Å². The number of nitrogens with one attached hydrogen (secondary N) is 1. The number of alkyl halides is 3. The fourth-order valence-electron chi connectivity index (χ4n) is 1.29. The minimum Gasteiger partial charge on any atom is -0.370 e. The first-order valence-corrected chi connectivity index (χ1v) is 6.42. The number of hydrogen-bond donors (Lipinski definition) is 1. The van der Waals surface area contributed by atoms with Crippen LogP contribution in [0.5, 0.6) is 0 Å². The number of hydrogen-bond acceptors (Lipinski definition) is 3. The van der Waals surface area contributed by atoms with E-state index in [4.69, 9.17) is 0 Å². The fourth-order valence-corrected chi connectivity index (χ4v) is 1.69. The van der Waals surface area contributed by atoms with E-state index in [0.29, 0.717) is 16.2 Å². The second-order valence-corrected chi connectivity index (χ2v) is 5.05. The molecule has 7 heteroatoms. The Kier molecular flexibility index (Phi) is 5.37. The summed E-state index contributed by atoms with van der Waals surface area (Å²) in [5, 5.41) is 2.87. The normalized spacial score (nSPS) is 11.9. The number of rotatable bonds is 5. The van der Waals surface area contributed by atoms with Crippen molar-refractivity contribution < 1.29 is 13.2 Å². The third-order valence-electron chi connectivity index (χ3n) is 2.17. The lowest BCUT2D eigenvalue weighted by Gasteiger charge is -2.10. The zero-order valence-corrected chi connectivity index (χ0v) is 11.8.